The Labute approximate surface area is 185 Å². The van der Waals surface area contributed by atoms with Crippen LogP contribution < -0.4 is 11.0 Å². The van der Waals surface area contributed by atoms with Crippen molar-refractivity contribution in [1.29, 1.82) is 0 Å². The molecule has 1 heterocycles. The van der Waals surface area contributed by atoms with Gasteiger partial charge in [0.2, 0.25) is 0 Å². The molecule has 4 N–H and O–H groups in total. The van der Waals surface area contributed by atoms with Gasteiger partial charge in [0, 0.05) is 5.69 Å². The highest BCUT2D eigenvalue weighted by molar-refractivity contribution is 6.04. The average Bonchev–Trinajstić information content (AvgIpc) is 3.17. The molecule has 12 nitrogen and oxygen atoms in total. The van der Waals surface area contributed by atoms with E-state index in [-0.39, 0.29) is 16.8 Å². The van der Waals surface area contributed by atoms with Gasteiger partial charge in [0.1, 0.15) is 11.4 Å². The lowest BCUT2D eigenvalue weighted by Crippen LogP contribution is -2.14. The number of imidazole rings is 1. The van der Waals surface area contributed by atoms with Crippen LogP contribution in [0, 0.1) is 0 Å². The van der Waals surface area contributed by atoms with E-state index in [1.165, 1.54) is 45.4 Å². The number of esters is 2. The number of methoxy groups -OCH3 is 2. The van der Waals surface area contributed by atoms with Gasteiger partial charge in [-0.15, -0.1) is 10.2 Å². The minimum Gasteiger partial charge on any atom is -0.510 e. The Balaban J connectivity index is 1.92. The summed E-state index contributed by atoms with van der Waals surface area (Å²) >= 11 is 0. The number of H-pyrrole nitrogens is 2. The number of rotatable bonds is 6. The standard InChI is InChI=1S/C21H19N5O7/c1-10(27)17(18(28)22-12-5-7-14-16(9-12)24-21(31)23-14)26-25-15-8-11(19(29)32-2)4-6-13(15)20(30)33-3/h4-9,27H,1-3H3,(H,22,28)(H2,23,24,31). The normalized spacial score (nSPS) is 11.8. The second kappa shape index (κ2) is 9.60. The molecule has 170 valence electrons. The van der Waals surface area contributed by atoms with Gasteiger partial charge in [0.25, 0.3) is 5.91 Å². The summed E-state index contributed by atoms with van der Waals surface area (Å²) in [5, 5.41) is 20.2. The fraction of sp³-hybridized carbons (Fsp3) is 0.143. The van der Waals surface area contributed by atoms with Crippen molar-refractivity contribution >= 4 is 40.3 Å². The van der Waals surface area contributed by atoms with Gasteiger partial charge in [-0.2, -0.15) is 0 Å². The molecule has 12 heteroatoms. The van der Waals surface area contributed by atoms with Crippen LogP contribution in [-0.4, -0.2) is 47.1 Å². The van der Waals surface area contributed by atoms with Gasteiger partial charge in [-0.05, 0) is 43.3 Å². The highest BCUT2D eigenvalue weighted by Crippen LogP contribution is 2.25. The van der Waals surface area contributed by atoms with Gasteiger partial charge in [-0.3, -0.25) is 4.79 Å². The van der Waals surface area contributed by atoms with Crippen molar-refractivity contribution in [2.45, 2.75) is 6.92 Å². The lowest BCUT2D eigenvalue weighted by molar-refractivity contribution is -0.113. The molecule has 0 fully saturated rings. The summed E-state index contributed by atoms with van der Waals surface area (Å²) in [6, 6.07) is 8.52. The van der Waals surface area contributed by atoms with Crippen LogP contribution in [0.4, 0.5) is 11.4 Å². The molecule has 2 aromatic carbocycles. The number of amides is 1. The van der Waals surface area contributed by atoms with E-state index in [4.69, 9.17) is 4.74 Å². The summed E-state index contributed by atoms with van der Waals surface area (Å²) < 4.78 is 9.35. The number of aromatic nitrogens is 2. The molecule has 1 amide bonds. The van der Waals surface area contributed by atoms with Crippen LogP contribution in [-0.2, 0) is 14.3 Å². The Morgan fingerprint density at radius 2 is 1.67 bits per heavy atom. The van der Waals surface area contributed by atoms with E-state index in [0.29, 0.717) is 16.7 Å². The van der Waals surface area contributed by atoms with Crippen molar-refractivity contribution < 1.29 is 29.0 Å². The van der Waals surface area contributed by atoms with E-state index in [9.17, 15) is 24.3 Å². The molecular weight excluding hydrogens is 434 g/mol. The SMILES string of the molecule is COC(=O)c1ccc(C(=O)OC)c(N=NC(C(=O)Nc2ccc3[nH]c(=O)[nH]c3c2)=C(C)O)c1. The summed E-state index contributed by atoms with van der Waals surface area (Å²) in [6.07, 6.45) is 0. The van der Waals surface area contributed by atoms with Crippen LogP contribution in [0.2, 0.25) is 0 Å². The third kappa shape index (κ3) is 5.12. The topological polar surface area (TPSA) is 175 Å². The summed E-state index contributed by atoms with van der Waals surface area (Å²) in [5.74, 6) is -2.67. The molecule has 0 spiro atoms. The number of azo groups is 1. The highest BCUT2D eigenvalue weighted by Gasteiger charge is 2.18. The smallest absolute Gasteiger partial charge is 0.340 e. The van der Waals surface area contributed by atoms with E-state index in [1.54, 1.807) is 12.1 Å². The van der Waals surface area contributed by atoms with E-state index in [1.807, 2.05) is 0 Å². The van der Waals surface area contributed by atoms with Crippen molar-refractivity contribution in [1.82, 2.24) is 9.97 Å². The number of nitrogens with zero attached hydrogens (tertiary/aromatic N) is 2. The molecule has 0 unspecified atom stereocenters. The lowest BCUT2D eigenvalue weighted by atomic mass is 10.1. The highest BCUT2D eigenvalue weighted by atomic mass is 16.5. The molecule has 3 aromatic rings. The number of aromatic amines is 2. The first-order chi connectivity index (χ1) is 15.7. The number of benzene rings is 2. The molecule has 0 bridgehead atoms. The maximum atomic E-state index is 12.7. The minimum absolute atomic E-state index is 0.0221. The number of hydrogen-bond acceptors (Lipinski definition) is 9. The molecule has 0 aliphatic heterocycles. The number of aliphatic hydroxyl groups excluding tert-OH is 1. The van der Waals surface area contributed by atoms with Crippen LogP contribution in [0.15, 0.2) is 62.9 Å². The Morgan fingerprint density at radius 3 is 2.33 bits per heavy atom. The van der Waals surface area contributed by atoms with Crippen molar-refractivity contribution in [3.05, 3.63) is 69.5 Å². The van der Waals surface area contributed by atoms with Gasteiger partial charge in [-0.25, -0.2) is 14.4 Å². The molecule has 0 aliphatic rings. The van der Waals surface area contributed by atoms with Crippen LogP contribution in [0.5, 0.6) is 0 Å². The monoisotopic (exact) mass is 453 g/mol. The quantitative estimate of drug-likeness (QED) is 0.192. The van der Waals surface area contributed by atoms with Gasteiger partial charge >= 0.3 is 17.6 Å². The first-order valence-corrected chi connectivity index (χ1v) is 9.39. The van der Waals surface area contributed by atoms with Crippen LogP contribution in [0.1, 0.15) is 27.6 Å². The Morgan fingerprint density at radius 1 is 0.970 bits per heavy atom. The fourth-order valence-electron chi connectivity index (χ4n) is 2.83. The maximum Gasteiger partial charge on any atom is 0.340 e. The number of anilines is 1. The zero-order valence-electron chi connectivity index (χ0n) is 17.8. The van der Waals surface area contributed by atoms with E-state index < -0.39 is 35.0 Å². The number of carbonyl (C=O) groups excluding carboxylic acids is 3. The minimum atomic E-state index is -0.806. The van der Waals surface area contributed by atoms with Gasteiger partial charge in [-0.1, -0.05) is 0 Å². The molecular formula is C21H19N5O7. The third-order valence-corrected chi connectivity index (χ3v) is 4.41. The zero-order chi connectivity index (χ0) is 24.1. The summed E-state index contributed by atoms with van der Waals surface area (Å²) in [6.45, 7) is 1.23. The lowest BCUT2D eigenvalue weighted by Gasteiger charge is -2.07. The maximum absolute atomic E-state index is 12.7. The number of nitrogens with one attached hydrogen (secondary N) is 3. The number of aliphatic hydroxyl groups is 1. The zero-order valence-corrected chi connectivity index (χ0v) is 17.8. The molecule has 0 saturated heterocycles. The number of allylic oxidation sites excluding steroid dienone is 1. The summed E-state index contributed by atoms with van der Waals surface area (Å²) in [7, 11) is 2.36. The Hall–Kier alpha value is -4.74. The number of fused-ring (bicyclic) bond motifs is 1. The number of ether oxygens (including phenoxy) is 2. The predicted octanol–water partition coefficient (Wildman–Crippen LogP) is 2.94. The predicted molar refractivity (Wildman–Crippen MR) is 117 cm³/mol. The first kappa shape index (κ1) is 22.9. The molecule has 0 radical (unpaired) electrons. The summed E-state index contributed by atoms with van der Waals surface area (Å²) in [5.41, 5.74) is 0.472. The van der Waals surface area contributed by atoms with Crippen LogP contribution in [0.25, 0.3) is 11.0 Å². The van der Waals surface area contributed by atoms with Crippen molar-refractivity contribution in [3.8, 4) is 0 Å². The largest absolute Gasteiger partial charge is 0.510 e. The fourth-order valence-corrected chi connectivity index (χ4v) is 2.83. The van der Waals surface area contributed by atoms with Gasteiger partial charge in [0.05, 0.1) is 36.4 Å². The Kier molecular flexibility index (Phi) is 6.67. The second-order valence-electron chi connectivity index (χ2n) is 6.64. The van der Waals surface area contributed by atoms with Crippen LogP contribution in [0.3, 0.4) is 0 Å². The molecule has 0 aliphatic carbocycles. The summed E-state index contributed by atoms with van der Waals surface area (Å²) in [4.78, 5) is 53.1. The van der Waals surface area contributed by atoms with Crippen molar-refractivity contribution in [2.24, 2.45) is 10.2 Å². The first-order valence-electron chi connectivity index (χ1n) is 9.39. The van der Waals surface area contributed by atoms with Crippen molar-refractivity contribution in [3.63, 3.8) is 0 Å². The molecule has 33 heavy (non-hydrogen) atoms. The number of hydrogen-bond donors (Lipinski definition) is 4. The van der Waals surface area contributed by atoms with Gasteiger partial charge in [0.15, 0.2) is 5.70 Å². The van der Waals surface area contributed by atoms with Crippen LogP contribution >= 0.6 is 0 Å². The van der Waals surface area contributed by atoms with E-state index >= 15 is 0 Å². The average molecular weight is 453 g/mol. The number of carbonyl (C=O) groups is 3. The Bertz CT molecular complexity index is 1360. The molecule has 1 aromatic heterocycles. The molecule has 3 rings (SSSR count). The third-order valence-electron chi connectivity index (χ3n) is 4.41. The molecule has 0 atom stereocenters. The van der Waals surface area contributed by atoms with Crippen molar-refractivity contribution in [2.75, 3.05) is 19.5 Å². The van der Waals surface area contributed by atoms with Gasteiger partial charge < -0.3 is 29.9 Å². The van der Waals surface area contributed by atoms with E-state index in [2.05, 4.69) is 30.3 Å². The van der Waals surface area contributed by atoms with E-state index in [0.717, 1.165) is 0 Å². The second-order valence-corrected chi connectivity index (χ2v) is 6.64. The molecule has 0 saturated carbocycles.